The van der Waals surface area contributed by atoms with E-state index in [4.69, 9.17) is 24.5 Å². The molecule has 11 nitrogen and oxygen atoms in total. The summed E-state index contributed by atoms with van der Waals surface area (Å²) in [5, 5.41) is 18.4. The number of carboxylic acids is 1. The highest BCUT2D eigenvalue weighted by Crippen LogP contribution is 2.36. The molecule has 1 aromatic heterocycles. The summed E-state index contributed by atoms with van der Waals surface area (Å²) in [6, 6.07) is 3.51. The molecule has 0 spiro atoms. The van der Waals surface area contributed by atoms with E-state index < -0.39 is 5.97 Å². The molecular weight excluding hydrogens is 530 g/mol. The highest BCUT2D eigenvalue weighted by Gasteiger charge is 2.42. The first-order valence-corrected chi connectivity index (χ1v) is 14.8. The second-order valence-corrected chi connectivity index (χ2v) is 10.2. The van der Waals surface area contributed by atoms with E-state index in [0.717, 1.165) is 70.1 Å². The molecular formula is C30H49N3O8. The maximum atomic E-state index is 12.8. The minimum Gasteiger partial charge on any atom is -0.483 e. The van der Waals surface area contributed by atoms with Crippen LogP contribution in [-0.2, 0) is 28.7 Å². The van der Waals surface area contributed by atoms with Gasteiger partial charge in [0.15, 0.2) is 0 Å². The number of hydrogen-bond acceptors (Lipinski definition) is 7. The van der Waals surface area contributed by atoms with E-state index in [1.165, 1.54) is 25.7 Å². The van der Waals surface area contributed by atoms with E-state index >= 15 is 0 Å². The number of nitrogens with one attached hydrogen (secondary N) is 1. The summed E-state index contributed by atoms with van der Waals surface area (Å²) in [6.07, 6.45) is 16.9. The van der Waals surface area contributed by atoms with Crippen molar-refractivity contribution in [2.75, 3.05) is 40.0 Å². The lowest BCUT2D eigenvalue weighted by atomic mass is 9.94. The van der Waals surface area contributed by atoms with E-state index in [1.54, 1.807) is 24.3 Å². The fraction of sp³-hybridized carbons (Fsp3) is 0.700. The molecule has 1 aromatic rings. The van der Waals surface area contributed by atoms with E-state index in [1.807, 2.05) is 12.1 Å². The lowest BCUT2D eigenvalue weighted by Gasteiger charge is -2.24. The Kier molecular flexibility index (Phi) is 20.7. The molecule has 0 saturated carbocycles. The number of aromatic nitrogens is 1. The van der Waals surface area contributed by atoms with Crippen molar-refractivity contribution >= 4 is 24.3 Å². The molecule has 232 valence electrons. The van der Waals surface area contributed by atoms with Gasteiger partial charge in [-0.05, 0) is 37.3 Å². The fourth-order valence-corrected chi connectivity index (χ4v) is 4.87. The van der Waals surface area contributed by atoms with Crippen LogP contribution in [-0.4, -0.2) is 84.4 Å². The second kappa shape index (κ2) is 23.6. The average Bonchev–Trinajstić information content (AvgIpc) is 3.26. The van der Waals surface area contributed by atoms with E-state index in [2.05, 4.69) is 10.3 Å². The maximum Gasteiger partial charge on any atom is 0.329 e. The molecule has 1 aliphatic heterocycles. The summed E-state index contributed by atoms with van der Waals surface area (Å²) in [7, 11) is 1.76. The summed E-state index contributed by atoms with van der Waals surface area (Å²) in [6.45, 7) is 2.37. The number of aliphatic carboxylic acids is 1. The van der Waals surface area contributed by atoms with Crippen molar-refractivity contribution in [3.05, 3.63) is 30.1 Å². The van der Waals surface area contributed by atoms with Crippen LogP contribution in [0.5, 0.6) is 0 Å². The van der Waals surface area contributed by atoms with Crippen LogP contribution in [0, 0.1) is 5.92 Å². The van der Waals surface area contributed by atoms with Gasteiger partial charge in [0.2, 0.25) is 11.8 Å². The topological polar surface area (TPSA) is 155 Å². The molecule has 2 rings (SSSR count). The van der Waals surface area contributed by atoms with Crippen molar-refractivity contribution in [2.24, 2.45) is 5.92 Å². The fourth-order valence-electron chi connectivity index (χ4n) is 4.87. The zero-order chi connectivity index (χ0) is 30.1. The second-order valence-electron chi connectivity index (χ2n) is 10.2. The molecule has 1 fully saturated rings. The minimum atomic E-state index is -0.908. The number of hydrogen-bond donors (Lipinski definition) is 3. The van der Waals surface area contributed by atoms with Crippen molar-refractivity contribution < 1.29 is 38.9 Å². The summed E-state index contributed by atoms with van der Waals surface area (Å²) >= 11 is 0. The molecule has 2 atom stereocenters. The normalized spacial score (nSPS) is 16.2. The lowest BCUT2D eigenvalue weighted by molar-refractivity contribution is -0.142. The van der Waals surface area contributed by atoms with Gasteiger partial charge in [-0.25, -0.2) is 4.79 Å². The molecule has 0 bridgehead atoms. The average molecular weight is 580 g/mol. The van der Waals surface area contributed by atoms with E-state index in [0.29, 0.717) is 13.2 Å². The predicted octanol–water partition coefficient (Wildman–Crippen LogP) is 4.22. The van der Waals surface area contributed by atoms with Crippen LogP contribution >= 0.6 is 0 Å². The Morgan fingerprint density at radius 2 is 1.51 bits per heavy atom. The zero-order valence-electron chi connectivity index (χ0n) is 24.5. The largest absolute Gasteiger partial charge is 0.483 e. The standard InChI is InChI=1S/C29H47N3O6.CH2O2/c1-32-26(33)21-25(28(32)24-15-14-16-30-22-24)29(36)31-17-10-6-5-9-12-19-37-18-11-7-3-2-4-8-13-20-38-23-27(34)35;2-1-3/h14-16,22,25,28H,2-13,17-21,23H2,1H3,(H,31,36)(H,34,35);1H,(H,2,3)/t25-,28+;/m0./s1. The van der Waals surface area contributed by atoms with Crippen molar-refractivity contribution in [3.63, 3.8) is 0 Å². The van der Waals surface area contributed by atoms with Crippen LogP contribution < -0.4 is 5.32 Å². The third-order valence-electron chi connectivity index (χ3n) is 7.02. The number of carbonyl (C=O) groups excluding carboxylic acids is 2. The molecule has 1 aliphatic rings. The van der Waals surface area contributed by atoms with Crippen molar-refractivity contribution in [3.8, 4) is 0 Å². The van der Waals surface area contributed by atoms with Gasteiger partial charge >= 0.3 is 5.97 Å². The zero-order valence-corrected chi connectivity index (χ0v) is 24.5. The molecule has 3 N–H and O–H groups in total. The number of ether oxygens (including phenoxy) is 2. The highest BCUT2D eigenvalue weighted by atomic mass is 16.5. The summed E-state index contributed by atoms with van der Waals surface area (Å²) in [5.74, 6) is -1.33. The van der Waals surface area contributed by atoms with Crippen molar-refractivity contribution in [1.82, 2.24) is 15.2 Å². The van der Waals surface area contributed by atoms with E-state index in [-0.39, 0.29) is 43.3 Å². The predicted molar refractivity (Wildman–Crippen MR) is 154 cm³/mol. The molecule has 11 heteroatoms. The summed E-state index contributed by atoms with van der Waals surface area (Å²) in [4.78, 5) is 49.5. The lowest BCUT2D eigenvalue weighted by Crippen LogP contribution is -2.35. The molecule has 0 unspecified atom stereocenters. The number of carboxylic acid groups (broad SMARTS) is 2. The van der Waals surface area contributed by atoms with Crippen LogP contribution in [0.3, 0.4) is 0 Å². The first kappa shape index (κ1) is 36.0. The Labute approximate surface area is 244 Å². The third-order valence-corrected chi connectivity index (χ3v) is 7.02. The first-order valence-electron chi connectivity index (χ1n) is 14.8. The van der Waals surface area contributed by atoms with Gasteiger partial charge in [0.05, 0.1) is 12.0 Å². The summed E-state index contributed by atoms with van der Waals surface area (Å²) in [5.41, 5.74) is 0.900. The van der Waals surface area contributed by atoms with Crippen LogP contribution in [0.4, 0.5) is 0 Å². The number of rotatable bonds is 22. The van der Waals surface area contributed by atoms with Gasteiger partial charge in [-0.2, -0.15) is 0 Å². The van der Waals surface area contributed by atoms with Crippen LogP contribution in [0.1, 0.15) is 95.1 Å². The van der Waals surface area contributed by atoms with Crippen LogP contribution in [0.2, 0.25) is 0 Å². The number of amides is 2. The maximum absolute atomic E-state index is 12.8. The monoisotopic (exact) mass is 579 g/mol. The Hall–Kier alpha value is -3.05. The molecule has 0 aromatic carbocycles. The Morgan fingerprint density at radius 3 is 2.05 bits per heavy atom. The number of likely N-dealkylation sites (tertiary alicyclic amines) is 1. The van der Waals surface area contributed by atoms with Crippen molar-refractivity contribution in [2.45, 2.75) is 89.5 Å². The smallest absolute Gasteiger partial charge is 0.329 e. The number of pyridine rings is 1. The first-order chi connectivity index (χ1) is 19.9. The van der Waals surface area contributed by atoms with Gasteiger partial charge in [-0.3, -0.25) is 19.4 Å². The van der Waals surface area contributed by atoms with Gasteiger partial charge in [0.25, 0.3) is 6.47 Å². The minimum absolute atomic E-state index is 0.00422. The molecule has 2 amide bonds. The number of nitrogens with zero attached hydrogens (tertiary/aromatic N) is 2. The molecule has 41 heavy (non-hydrogen) atoms. The van der Waals surface area contributed by atoms with E-state index in [9.17, 15) is 14.4 Å². The SMILES string of the molecule is CN1C(=O)C[C@H](C(=O)NCCCCCCCOCCCCCCCCCOCC(=O)O)[C@H]1c1cccnc1.O=CO. The number of unbranched alkanes of at least 4 members (excludes halogenated alkanes) is 10. The highest BCUT2D eigenvalue weighted by molar-refractivity contribution is 5.90. The Morgan fingerprint density at radius 1 is 0.976 bits per heavy atom. The molecule has 2 heterocycles. The van der Waals surface area contributed by atoms with Crippen LogP contribution in [0.25, 0.3) is 0 Å². The van der Waals surface area contributed by atoms with Gasteiger partial charge in [-0.15, -0.1) is 0 Å². The summed E-state index contributed by atoms with van der Waals surface area (Å²) < 4.78 is 10.8. The molecule has 0 radical (unpaired) electrons. The third kappa shape index (κ3) is 16.7. The van der Waals surface area contributed by atoms with Crippen molar-refractivity contribution in [1.29, 1.82) is 0 Å². The van der Waals surface area contributed by atoms with Gasteiger partial charge in [0, 0.05) is 52.2 Å². The van der Waals surface area contributed by atoms with Gasteiger partial charge in [0.1, 0.15) is 6.61 Å². The molecule has 0 aliphatic carbocycles. The Bertz CT molecular complexity index is 855. The quantitative estimate of drug-likeness (QED) is 0.135. The molecule has 1 saturated heterocycles. The van der Waals surface area contributed by atoms with Gasteiger partial charge in [-0.1, -0.05) is 57.4 Å². The van der Waals surface area contributed by atoms with Gasteiger partial charge < -0.3 is 29.9 Å². The Balaban J connectivity index is 0.00000268. The van der Waals surface area contributed by atoms with Crippen LogP contribution in [0.15, 0.2) is 24.5 Å². The number of carbonyl (C=O) groups is 4.